The number of aromatic hydroxyl groups is 1. The smallest absolute Gasteiger partial charge is 0.129 e. The van der Waals surface area contributed by atoms with E-state index >= 15 is 0 Å². The molecule has 0 atom stereocenters. The predicted octanol–water partition coefficient (Wildman–Crippen LogP) is 5.48. The largest absolute Gasteiger partial charge is 0.508 e. The van der Waals surface area contributed by atoms with Crippen molar-refractivity contribution >= 4 is 21.6 Å². The highest BCUT2D eigenvalue weighted by atomic mass is 79.9. The number of benzene rings is 3. The van der Waals surface area contributed by atoms with E-state index in [-0.39, 0.29) is 18.2 Å². The lowest BCUT2D eigenvalue weighted by molar-refractivity contribution is 0.297. The standard InChI is InChI=1S/C20H17BrFNO2/c21-16-5-10-20(25-13-14-3-1-2-4-19(14)22)15(11-16)12-23-17-6-8-18(24)9-7-17/h1-11,23-24H,12-13H2. The molecule has 0 aliphatic carbocycles. The van der Waals surface area contributed by atoms with E-state index in [0.717, 1.165) is 15.7 Å². The first-order valence-electron chi connectivity index (χ1n) is 7.79. The minimum atomic E-state index is -0.275. The van der Waals surface area contributed by atoms with Crippen LogP contribution in [0.25, 0.3) is 0 Å². The van der Waals surface area contributed by atoms with Gasteiger partial charge in [-0.15, -0.1) is 0 Å². The predicted molar refractivity (Wildman–Crippen MR) is 100 cm³/mol. The Hall–Kier alpha value is -2.53. The fraction of sp³-hybridized carbons (Fsp3) is 0.100. The van der Waals surface area contributed by atoms with Crippen molar-refractivity contribution in [2.75, 3.05) is 5.32 Å². The summed E-state index contributed by atoms with van der Waals surface area (Å²) >= 11 is 3.46. The van der Waals surface area contributed by atoms with E-state index in [4.69, 9.17) is 4.74 Å². The molecule has 0 saturated heterocycles. The molecule has 3 rings (SSSR count). The van der Waals surface area contributed by atoms with Gasteiger partial charge in [-0.25, -0.2) is 4.39 Å². The number of phenols is 1. The van der Waals surface area contributed by atoms with Crippen molar-refractivity contribution in [3.8, 4) is 11.5 Å². The summed E-state index contributed by atoms with van der Waals surface area (Å²) in [5, 5.41) is 12.6. The highest BCUT2D eigenvalue weighted by molar-refractivity contribution is 9.10. The molecular weight excluding hydrogens is 385 g/mol. The molecule has 0 saturated carbocycles. The van der Waals surface area contributed by atoms with Gasteiger partial charge in [-0.1, -0.05) is 34.1 Å². The SMILES string of the molecule is Oc1ccc(NCc2cc(Br)ccc2OCc2ccccc2F)cc1. The van der Waals surface area contributed by atoms with Crippen LogP contribution in [-0.4, -0.2) is 5.11 Å². The zero-order valence-corrected chi connectivity index (χ0v) is 15.0. The molecule has 0 fully saturated rings. The van der Waals surface area contributed by atoms with Crippen LogP contribution in [0, 0.1) is 5.82 Å². The molecule has 0 aromatic heterocycles. The van der Waals surface area contributed by atoms with Gasteiger partial charge in [0.25, 0.3) is 0 Å². The summed E-state index contributed by atoms with van der Waals surface area (Å²) in [5.41, 5.74) is 2.35. The monoisotopic (exact) mass is 401 g/mol. The quantitative estimate of drug-likeness (QED) is 0.536. The molecule has 0 amide bonds. The minimum absolute atomic E-state index is 0.167. The van der Waals surface area contributed by atoms with Gasteiger partial charge in [0.05, 0.1) is 0 Å². The molecule has 3 nitrogen and oxygen atoms in total. The fourth-order valence-corrected chi connectivity index (χ4v) is 2.78. The molecule has 3 aromatic carbocycles. The maximum Gasteiger partial charge on any atom is 0.129 e. The van der Waals surface area contributed by atoms with Crippen LogP contribution in [0.2, 0.25) is 0 Å². The first kappa shape index (κ1) is 17.3. The zero-order valence-electron chi connectivity index (χ0n) is 13.4. The van der Waals surface area contributed by atoms with Gasteiger partial charge in [0.1, 0.15) is 23.9 Å². The lowest BCUT2D eigenvalue weighted by Crippen LogP contribution is -2.04. The number of hydrogen-bond acceptors (Lipinski definition) is 3. The molecule has 0 unspecified atom stereocenters. The molecule has 25 heavy (non-hydrogen) atoms. The van der Waals surface area contributed by atoms with Crippen molar-refractivity contribution < 1.29 is 14.2 Å². The van der Waals surface area contributed by atoms with Crippen LogP contribution in [0.15, 0.2) is 71.2 Å². The molecule has 0 aliphatic rings. The fourth-order valence-electron chi connectivity index (χ4n) is 2.37. The van der Waals surface area contributed by atoms with Crippen molar-refractivity contribution in [3.63, 3.8) is 0 Å². The Kier molecular flexibility index (Phi) is 5.56. The van der Waals surface area contributed by atoms with E-state index in [2.05, 4.69) is 21.2 Å². The summed E-state index contributed by atoms with van der Waals surface area (Å²) < 4.78 is 20.5. The summed E-state index contributed by atoms with van der Waals surface area (Å²) in [6.45, 7) is 0.706. The summed E-state index contributed by atoms with van der Waals surface area (Å²) in [6.07, 6.45) is 0. The van der Waals surface area contributed by atoms with Crippen LogP contribution in [0.4, 0.5) is 10.1 Å². The molecule has 128 valence electrons. The summed E-state index contributed by atoms with van der Waals surface area (Å²) in [5.74, 6) is 0.642. The highest BCUT2D eigenvalue weighted by Gasteiger charge is 2.07. The van der Waals surface area contributed by atoms with Crippen molar-refractivity contribution in [3.05, 3.63) is 88.1 Å². The first-order valence-corrected chi connectivity index (χ1v) is 8.58. The topological polar surface area (TPSA) is 41.5 Å². The van der Waals surface area contributed by atoms with Gasteiger partial charge < -0.3 is 15.2 Å². The Morgan fingerprint density at radius 1 is 0.960 bits per heavy atom. The van der Waals surface area contributed by atoms with E-state index in [1.165, 1.54) is 6.07 Å². The molecule has 0 aliphatic heterocycles. The summed E-state index contributed by atoms with van der Waals surface area (Å²) in [4.78, 5) is 0. The normalized spacial score (nSPS) is 10.5. The number of rotatable bonds is 6. The van der Waals surface area contributed by atoms with E-state index in [1.54, 1.807) is 42.5 Å². The number of anilines is 1. The van der Waals surface area contributed by atoms with Crippen molar-refractivity contribution in [1.29, 1.82) is 0 Å². The molecule has 0 bridgehead atoms. The van der Waals surface area contributed by atoms with E-state index < -0.39 is 0 Å². The number of halogens is 2. The molecule has 3 aromatic rings. The molecule has 0 heterocycles. The van der Waals surface area contributed by atoms with E-state index in [9.17, 15) is 9.50 Å². The third-order valence-corrected chi connectivity index (χ3v) is 4.21. The van der Waals surface area contributed by atoms with Crippen LogP contribution in [-0.2, 0) is 13.2 Å². The van der Waals surface area contributed by atoms with Crippen molar-refractivity contribution in [1.82, 2.24) is 0 Å². The van der Waals surface area contributed by atoms with Gasteiger partial charge in [0.2, 0.25) is 0 Å². The Bertz CT molecular complexity index is 853. The van der Waals surface area contributed by atoms with Crippen LogP contribution < -0.4 is 10.1 Å². The van der Waals surface area contributed by atoms with Gasteiger partial charge >= 0.3 is 0 Å². The van der Waals surface area contributed by atoms with Crippen molar-refractivity contribution in [2.24, 2.45) is 0 Å². The zero-order chi connectivity index (χ0) is 17.6. The second kappa shape index (κ2) is 8.03. The van der Waals surface area contributed by atoms with Crippen LogP contribution in [0.5, 0.6) is 11.5 Å². The van der Waals surface area contributed by atoms with Crippen molar-refractivity contribution in [2.45, 2.75) is 13.2 Å². The van der Waals surface area contributed by atoms with Gasteiger partial charge in [0, 0.05) is 27.8 Å². The Morgan fingerprint density at radius 3 is 2.48 bits per heavy atom. The Morgan fingerprint density at radius 2 is 1.72 bits per heavy atom. The Balaban J connectivity index is 1.71. The number of nitrogens with one attached hydrogen (secondary N) is 1. The summed E-state index contributed by atoms with van der Waals surface area (Å²) in [7, 11) is 0. The average Bonchev–Trinajstić information content (AvgIpc) is 2.62. The number of phenolic OH excluding ortho intramolecular Hbond substituents is 1. The van der Waals surface area contributed by atoms with Gasteiger partial charge in [-0.3, -0.25) is 0 Å². The van der Waals surface area contributed by atoms with E-state index in [1.807, 2.05) is 18.2 Å². The lowest BCUT2D eigenvalue weighted by Gasteiger charge is -2.14. The second-order valence-electron chi connectivity index (χ2n) is 5.53. The second-order valence-corrected chi connectivity index (χ2v) is 6.45. The van der Waals surface area contributed by atoms with Crippen LogP contribution in [0.3, 0.4) is 0 Å². The van der Waals surface area contributed by atoms with Gasteiger partial charge in [-0.05, 0) is 48.5 Å². The number of hydrogen-bond donors (Lipinski definition) is 2. The van der Waals surface area contributed by atoms with Crippen LogP contribution >= 0.6 is 15.9 Å². The maximum atomic E-state index is 13.7. The molecular formula is C20H17BrFNO2. The molecule has 5 heteroatoms. The lowest BCUT2D eigenvalue weighted by atomic mass is 10.2. The van der Waals surface area contributed by atoms with Gasteiger partial charge in [0.15, 0.2) is 0 Å². The molecule has 0 radical (unpaired) electrons. The van der Waals surface area contributed by atoms with Gasteiger partial charge in [-0.2, -0.15) is 0 Å². The molecule has 2 N–H and O–H groups in total. The van der Waals surface area contributed by atoms with Crippen LogP contribution in [0.1, 0.15) is 11.1 Å². The maximum absolute atomic E-state index is 13.7. The third kappa shape index (κ3) is 4.73. The summed E-state index contributed by atoms with van der Waals surface area (Å²) in [6, 6.07) is 19.1. The average molecular weight is 402 g/mol. The minimum Gasteiger partial charge on any atom is -0.508 e. The Labute approximate surface area is 154 Å². The molecule has 0 spiro atoms. The first-order chi connectivity index (χ1) is 12.1. The van der Waals surface area contributed by atoms with E-state index in [0.29, 0.717) is 17.9 Å². The third-order valence-electron chi connectivity index (χ3n) is 3.71. The number of ether oxygens (including phenoxy) is 1. The highest BCUT2D eigenvalue weighted by Crippen LogP contribution is 2.26.